The molecular weight excluding hydrogens is 450 g/mol. The molecule has 0 saturated carbocycles. The van der Waals surface area contributed by atoms with E-state index >= 15 is 0 Å². The highest BCUT2D eigenvalue weighted by molar-refractivity contribution is 7.12. The molecule has 3 aromatic rings. The molecule has 1 atom stereocenters. The van der Waals surface area contributed by atoms with E-state index in [9.17, 15) is 27.5 Å². The summed E-state index contributed by atoms with van der Waals surface area (Å²) in [6, 6.07) is 5.05. The van der Waals surface area contributed by atoms with Crippen LogP contribution in [0.5, 0.6) is 0 Å². The molecule has 4 heterocycles. The Kier molecular flexibility index (Phi) is 5.82. The van der Waals surface area contributed by atoms with Crippen molar-refractivity contribution in [3.63, 3.8) is 0 Å². The minimum Gasteiger partial charge on any atom is -0.386 e. The van der Waals surface area contributed by atoms with Gasteiger partial charge in [-0.15, -0.1) is 11.3 Å². The van der Waals surface area contributed by atoms with E-state index in [0.717, 1.165) is 10.6 Å². The number of thiophene rings is 1. The standard InChI is InChI=1S/C20H17F4N5O2S/c1-11-14(21)3-4-15(26-11)13-6-7-28(9-16(13)30)18-25-10-29(19(31)27-18)8-12-2-5-17(32-12)20(22,23)24/h2-6,10,16,30H,7-9H2,1H3/t16-/m0/s1. The van der Waals surface area contributed by atoms with Gasteiger partial charge in [0.1, 0.15) is 17.0 Å². The minimum atomic E-state index is -4.43. The Morgan fingerprint density at radius 2 is 2.00 bits per heavy atom. The molecule has 1 N–H and O–H groups in total. The number of hydrogen-bond acceptors (Lipinski definition) is 7. The van der Waals surface area contributed by atoms with Crippen LogP contribution in [0.2, 0.25) is 0 Å². The summed E-state index contributed by atoms with van der Waals surface area (Å²) in [5.41, 5.74) is 0.549. The number of nitrogens with zero attached hydrogens (tertiary/aromatic N) is 5. The fraction of sp³-hybridized carbons (Fsp3) is 0.300. The Labute approximate surface area is 183 Å². The summed E-state index contributed by atoms with van der Waals surface area (Å²) >= 11 is 0.555. The molecule has 7 nitrogen and oxygen atoms in total. The lowest BCUT2D eigenvalue weighted by molar-refractivity contribution is -0.134. The van der Waals surface area contributed by atoms with Crippen LogP contribution < -0.4 is 10.6 Å². The molecule has 0 bridgehead atoms. The summed E-state index contributed by atoms with van der Waals surface area (Å²) in [5, 5.41) is 10.5. The molecule has 0 fully saturated rings. The molecule has 0 aromatic carbocycles. The topological polar surface area (TPSA) is 84.1 Å². The van der Waals surface area contributed by atoms with Crippen LogP contribution in [0.4, 0.5) is 23.5 Å². The summed E-state index contributed by atoms with van der Waals surface area (Å²) in [4.78, 5) is 25.7. The van der Waals surface area contributed by atoms with E-state index in [-0.39, 0.29) is 31.3 Å². The molecule has 168 valence electrons. The largest absolute Gasteiger partial charge is 0.425 e. The quantitative estimate of drug-likeness (QED) is 0.595. The van der Waals surface area contributed by atoms with E-state index in [1.54, 1.807) is 11.0 Å². The monoisotopic (exact) mass is 467 g/mol. The number of hydrogen-bond donors (Lipinski definition) is 1. The van der Waals surface area contributed by atoms with Gasteiger partial charge in [-0.05, 0) is 31.2 Å². The van der Waals surface area contributed by atoms with Crippen LogP contribution in [0.1, 0.15) is 21.1 Å². The van der Waals surface area contributed by atoms with Gasteiger partial charge in [0.25, 0.3) is 0 Å². The second-order valence-corrected chi connectivity index (χ2v) is 8.34. The van der Waals surface area contributed by atoms with Crippen molar-refractivity contribution < 1.29 is 22.7 Å². The number of halogens is 4. The zero-order chi connectivity index (χ0) is 23.0. The van der Waals surface area contributed by atoms with Gasteiger partial charge in [0, 0.05) is 17.0 Å². The Hall–Kier alpha value is -3.12. The van der Waals surface area contributed by atoms with Crippen LogP contribution in [0, 0.1) is 12.7 Å². The van der Waals surface area contributed by atoms with Crippen molar-refractivity contribution in [3.05, 3.63) is 74.1 Å². The third-order valence-electron chi connectivity index (χ3n) is 4.90. The summed E-state index contributed by atoms with van der Waals surface area (Å²) in [6.45, 7) is 1.83. The van der Waals surface area contributed by atoms with Gasteiger partial charge in [-0.1, -0.05) is 6.08 Å². The fourth-order valence-corrected chi connectivity index (χ4v) is 4.14. The van der Waals surface area contributed by atoms with Crippen molar-refractivity contribution in [2.45, 2.75) is 25.7 Å². The van der Waals surface area contributed by atoms with Crippen LogP contribution in [0.15, 0.2) is 41.5 Å². The number of anilines is 1. The number of aromatic nitrogens is 4. The van der Waals surface area contributed by atoms with Gasteiger partial charge in [0.15, 0.2) is 0 Å². The molecule has 0 saturated heterocycles. The SMILES string of the molecule is Cc1nc(C2=CCN(c3ncn(Cc4ccc(C(F)(F)F)s4)c(=O)n3)C[C@@H]2O)ccc1F. The first-order valence-corrected chi connectivity index (χ1v) is 10.3. The second kappa shape index (κ2) is 8.43. The van der Waals surface area contributed by atoms with Gasteiger partial charge in [-0.2, -0.15) is 18.2 Å². The molecule has 32 heavy (non-hydrogen) atoms. The first-order valence-electron chi connectivity index (χ1n) is 9.48. The molecule has 0 spiro atoms. The summed E-state index contributed by atoms with van der Waals surface area (Å²) in [6.07, 6.45) is -2.47. The van der Waals surface area contributed by atoms with E-state index in [1.807, 2.05) is 0 Å². The average Bonchev–Trinajstić information content (AvgIpc) is 3.21. The van der Waals surface area contributed by atoms with Crippen molar-refractivity contribution in [1.29, 1.82) is 0 Å². The van der Waals surface area contributed by atoms with E-state index in [0.29, 0.717) is 27.5 Å². The Bertz CT molecular complexity index is 1240. The number of aliphatic hydroxyl groups is 1. The molecule has 4 rings (SSSR count). The lowest BCUT2D eigenvalue weighted by Gasteiger charge is -2.30. The Balaban J connectivity index is 1.50. The third kappa shape index (κ3) is 4.55. The van der Waals surface area contributed by atoms with E-state index in [1.165, 1.54) is 31.5 Å². The molecular formula is C20H17F4N5O2S. The molecule has 0 unspecified atom stereocenters. The molecule has 1 aliphatic rings. The first kappa shape index (κ1) is 22.1. The summed E-state index contributed by atoms with van der Waals surface area (Å²) in [7, 11) is 0. The maximum absolute atomic E-state index is 13.5. The molecule has 1 aliphatic heterocycles. The number of β-amino-alcohol motifs (C(OH)–C–C–N with tert-alkyl or cyclic N) is 1. The molecule has 12 heteroatoms. The van der Waals surface area contributed by atoms with E-state index in [2.05, 4.69) is 15.0 Å². The van der Waals surface area contributed by atoms with E-state index < -0.39 is 28.7 Å². The van der Waals surface area contributed by atoms with Gasteiger partial charge in [0.2, 0.25) is 5.95 Å². The van der Waals surface area contributed by atoms with Gasteiger partial charge in [0.05, 0.1) is 30.6 Å². The average molecular weight is 467 g/mol. The predicted octanol–water partition coefficient (Wildman–Crippen LogP) is 2.87. The number of alkyl halides is 3. The number of pyridine rings is 1. The molecule has 0 amide bonds. The van der Waals surface area contributed by atoms with Crippen molar-refractivity contribution in [2.75, 3.05) is 18.0 Å². The molecule has 0 aliphatic carbocycles. The Morgan fingerprint density at radius 1 is 1.22 bits per heavy atom. The lowest BCUT2D eigenvalue weighted by Crippen LogP contribution is -2.40. The van der Waals surface area contributed by atoms with Crippen LogP contribution >= 0.6 is 11.3 Å². The van der Waals surface area contributed by atoms with E-state index in [4.69, 9.17) is 0 Å². The number of aliphatic hydroxyl groups excluding tert-OH is 1. The van der Waals surface area contributed by atoms with Crippen LogP contribution in [-0.2, 0) is 12.7 Å². The zero-order valence-corrected chi connectivity index (χ0v) is 17.5. The first-order chi connectivity index (χ1) is 15.1. The highest BCUT2D eigenvalue weighted by Crippen LogP contribution is 2.34. The van der Waals surface area contributed by atoms with Gasteiger partial charge in [-0.25, -0.2) is 14.2 Å². The van der Waals surface area contributed by atoms with Gasteiger partial charge in [-0.3, -0.25) is 9.55 Å². The van der Waals surface area contributed by atoms with Crippen molar-refractivity contribution in [3.8, 4) is 0 Å². The highest BCUT2D eigenvalue weighted by atomic mass is 32.1. The third-order valence-corrected chi connectivity index (χ3v) is 6.02. The molecule has 0 radical (unpaired) electrons. The maximum atomic E-state index is 13.5. The molecule has 3 aromatic heterocycles. The van der Waals surface area contributed by atoms with Crippen molar-refractivity contribution >= 4 is 22.9 Å². The maximum Gasteiger partial charge on any atom is 0.425 e. The van der Waals surface area contributed by atoms with Crippen LogP contribution in [0.25, 0.3) is 5.57 Å². The Morgan fingerprint density at radius 3 is 2.62 bits per heavy atom. The van der Waals surface area contributed by atoms with Crippen LogP contribution in [-0.4, -0.2) is 43.8 Å². The van der Waals surface area contributed by atoms with Gasteiger partial charge >= 0.3 is 11.9 Å². The van der Waals surface area contributed by atoms with Crippen molar-refractivity contribution in [1.82, 2.24) is 19.5 Å². The van der Waals surface area contributed by atoms with Crippen molar-refractivity contribution in [2.24, 2.45) is 0 Å². The minimum absolute atomic E-state index is 0.0812. The van der Waals surface area contributed by atoms with Gasteiger partial charge < -0.3 is 10.0 Å². The fourth-order valence-electron chi connectivity index (χ4n) is 3.26. The summed E-state index contributed by atoms with van der Waals surface area (Å²) < 4.78 is 52.8. The highest BCUT2D eigenvalue weighted by Gasteiger charge is 2.32. The normalized spacial score (nSPS) is 16.9. The number of rotatable bonds is 4. The zero-order valence-electron chi connectivity index (χ0n) is 16.7. The predicted molar refractivity (Wildman–Crippen MR) is 110 cm³/mol. The van der Waals surface area contributed by atoms with Crippen LogP contribution in [0.3, 0.4) is 0 Å². The summed E-state index contributed by atoms with van der Waals surface area (Å²) in [5.74, 6) is -0.349. The lowest BCUT2D eigenvalue weighted by atomic mass is 10.0. The second-order valence-electron chi connectivity index (χ2n) is 7.17. The smallest absolute Gasteiger partial charge is 0.386 e. The number of aryl methyl sites for hydroxylation is 1.